The summed E-state index contributed by atoms with van der Waals surface area (Å²) in [7, 11) is 0. The van der Waals surface area contributed by atoms with Crippen molar-refractivity contribution in [1.29, 1.82) is 0 Å². The largest absolute Gasteiger partial charge is 0.461 e. The van der Waals surface area contributed by atoms with E-state index in [1.165, 1.54) is 27.1 Å². The van der Waals surface area contributed by atoms with Gasteiger partial charge in [0.05, 0.1) is 0 Å². The number of hydrogen-bond acceptors (Lipinski definition) is 1. The molecule has 0 atom stereocenters. The van der Waals surface area contributed by atoms with Crippen LogP contribution in [0.15, 0.2) is 77.2 Å². The summed E-state index contributed by atoms with van der Waals surface area (Å²) in [6, 6.07) is 25.5. The number of benzene rings is 3. The number of fused-ring (bicyclic) bond motifs is 5. The van der Waals surface area contributed by atoms with Crippen molar-refractivity contribution in [2.45, 2.75) is 27.7 Å². The first kappa shape index (κ1) is 17.0. The van der Waals surface area contributed by atoms with E-state index in [4.69, 9.17) is 4.42 Å². The number of para-hydroxylation sites is 1. The normalized spacial score (nSPS) is 10.4. The van der Waals surface area contributed by atoms with Crippen LogP contribution in [-0.4, -0.2) is 0 Å². The third kappa shape index (κ3) is 3.36. The molecule has 0 aliphatic carbocycles. The quantitative estimate of drug-likeness (QED) is 0.325. The van der Waals surface area contributed by atoms with Crippen LogP contribution in [0.4, 0.5) is 0 Å². The fraction of sp³-hybridized carbons (Fsp3) is 0.167. The van der Waals surface area contributed by atoms with Crippen molar-refractivity contribution < 1.29 is 4.42 Å². The van der Waals surface area contributed by atoms with Crippen LogP contribution in [-0.2, 0) is 0 Å². The molecule has 0 fully saturated rings. The monoisotopic (exact) mass is 328 g/mol. The van der Waals surface area contributed by atoms with Gasteiger partial charge in [-0.25, -0.2) is 0 Å². The third-order valence-electron chi connectivity index (χ3n) is 4.20. The minimum absolute atomic E-state index is 0.905. The molecule has 1 heterocycles. The maximum Gasteiger partial charge on any atom is 0.134 e. The summed E-state index contributed by atoms with van der Waals surface area (Å²) < 4.78 is 6.11. The second-order valence-corrected chi connectivity index (χ2v) is 5.99. The van der Waals surface area contributed by atoms with E-state index in [-0.39, 0.29) is 0 Å². The molecular formula is C24H24O. The lowest BCUT2D eigenvalue weighted by atomic mass is 10.00. The Labute approximate surface area is 149 Å². The highest BCUT2D eigenvalue weighted by Crippen LogP contribution is 2.30. The van der Waals surface area contributed by atoms with E-state index in [1.54, 1.807) is 0 Å². The minimum Gasteiger partial charge on any atom is -0.461 e. The zero-order valence-electron chi connectivity index (χ0n) is 15.3. The Bertz CT molecular complexity index is 1090. The summed E-state index contributed by atoms with van der Waals surface area (Å²) in [5.41, 5.74) is 2.09. The molecule has 4 aromatic rings. The standard InChI is InChI=1S/C22H18O.C2H6/c1-15-13-16(2)23-21-10-6-5-9-20(21)22-18(14-15)12-11-17-7-3-4-8-19(17)22;1-2/h3-14H,1-2H3;1-2H3. The number of aryl methyl sites for hydroxylation is 2. The molecular weight excluding hydrogens is 304 g/mol. The van der Waals surface area contributed by atoms with Crippen molar-refractivity contribution in [3.8, 4) is 0 Å². The molecule has 0 bridgehead atoms. The topological polar surface area (TPSA) is 13.1 Å². The van der Waals surface area contributed by atoms with Gasteiger partial charge in [0.25, 0.3) is 0 Å². The molecule has 1 nitrogen and oxygen atoms in total. The summed E-state index contributed by atoms with van der Waals surface area (Å²) in [5.74, 6) is 0.906. The number of rotatable bonds is 0. The van der Waals surface area contributed by atoms with E-state index in [0.717, 1.165) is 16.7 Å². The van der Waals surface area contributed by atoms with Crippen LogP contribution < -0.4 is 0 Å². The van der Waals surface area contributed by atoms with Gasteiger partial charge in [-0.15, -0.1) is 0 Å². The van der Waals surface area contributed by atoms with Gasteiger partial charge >= 0.3 is 0 Å². The van der Waals surface area contributed by atoms with E-state index in [9.17, 15) is 0 Å². The second kappa shape index (κ2) is 7.40. The molecule has 0 aliphatic heterocycles. The van der Waals surface area contributed by atoms with Crippen molar-refractivity contribution in [3.63, 3.8) is 0 Å². The van der Waals surface area contributed by atoms with E-state index < -0.39 is 0 Å². The van der Waals surface area contributed by atoms with Crippen molar-refractivity contribution in [1.82, 2.24) is 0 Å². The van der Waals surface area contributed by atoms with Crippen molar-refractivity contribution in [3.05, 3.63) is 84.1 Å². The lowest BCUT2D eigenvalue weighted by molar-refractivity contribution is 0.568. The summed E-state index contributed by atoms with van der Waals surface area (Å²) in [5, 5.41) is 6.10. The first-order valence-corrected chi connectivity index (χ1v) is 8.88. The lowest BCUT2D eigenvalue weighted by Crippen LogP contribution is -1.78. The predicted octanol–water partition coefficient (Wildman–Crippen LogP) is 7.51. The summed E-state index contributed by atoms with van der Waals surface area (Å²) >= 11 is 0. The smallest absolute Gasteiger partial charge is 0.134 e. The Morgan fingerprint density at radius 2 is 1.28 bits per heavy atom. The highest BCUT2D eigenvalue weighted by atomic mass is 16.3. The molecule has 1 aromatic heterocycles. The molecule has 1 heteroatoms. The number of hydrogen-bond donors (Lipinski definition) is 0. The van der Waals surface area contributed by atoms with Gasteiger partial charge in [-0.1, -0.05) is 74.5 Å². The Morgan fingerprint density at radius 3 is 2.08 bits per heavy atom. The third-order valence-corrected chi connectivity index (χ3v) is 4.20. The summed E-state index contributed by atoms with van der Waals surface area (Å²) in [6.45, 7) is 8.12. The van der Waals surface area contributed by atoms with Crippen LogP contribution in [0.2, 0.25) is 0 Å². The van der Waals surface area contributed by atoms with Gasteiger partial charge < -0.3 is 4.42 Å². The van der Waals surface area contributed by atoms with Crippen LogP contribution in [0.3, 0.4) is 0 Å². The molecule has 0 unspecified atom stereocenters. The van der Waals surface area contributed by atoms with Gasteiger partial charge in [-0.2, -0.15) is 0 Å². The molecule has 0 saturated carbocycles. The van der Waals surface area contributed by atoms with E-state index in [2.05, 4.69) is 67.6 Å². The van der Waals surface area contributed by atoms with Crippen LogP contribution in [0, 0.1) is 13.8 Å². The predicted molar refractivity (Wildman–Crippen MR) is 110 cm³/mol. The zero-order valence-corrected chi connectivity index (χ0v) is 15.3. The maximum atomic E-state index is 6.11. The van der Waals surface area contributed by atoms with Gasteiger partial charge in [-0.05, 0) is 47.7 Å². The summed E-state index contributed by atoms with van der Waals surface area (Å²) in [4.78, 5) is 0. The van der Waals surface area contributed by atoms with E-state index in [0.29, 0.717) is 0 Å². The highest BCUT2D eigenvalue weighted by molar-refractivity contribution is 6.18. The van der Waals surface area contributed by atoms with Gasteiger partial charge in [0.2, 0.25) is 0 Å². The first-order valence-electron chi connectivity index (χ1n) is 8.88. The molecule has 0 radical (unpaired) electrons. The molecule has 0 amide bonds. The average molecular weight is 328 g/mol. The lowest BCUT2D eigenvalue weighted by Gasteiger charge is -2.04. The first-order chi connectivity index (χ1) is 12.2. The molecule has 0 saturated heterocycles. The van der Waals surface area contributed by atoms with Crippen molar-refractivity contribution in [2.24, 2.45) is 0 Å². The van der Waals surface area contributed by atoms with Gasteiger partial charge in [-0.3, -0.25) is 0 Å². The molecule has 4 rings (SSSR count). The van der Waals surface area contributed by atoms with E-state index in [1.807, 2.05) is 32.9 Å². The van der Waals surface area contributed by atoms with Crippen molar-refractivity contribution in [2.75, 3.05) is 0 Å². The van der Waals surface area contributed by atoms with Crippen LogP contribution >= 0.6 is 0 Å². The molecule has 0 aliphatic rings. The summed E-state index contributed by atoms with van der Waals surface area (Å²) in [6.07, 6.45) is 0. The highest BCUT2D eigenvalue weighted by Gasteiger charge is 2.04. The van der Waals surface area contributed by atoms with Crippen molar-refractivity contribution >= 4 is 32.5 Å². The molecule has 25 heavy (non-hydrogen) atoms. The fourth-order valence-electron chi connectivity index (χ4n) is 3.28. The Balaban J connectivity index is 0.000000880. The molecule has 126 valence electrons. The van der Waals surface area contributed by atoms with Gasteiger partial charge in [0.15, 0.2) is 0 Å². The molecule has 0 N–H and O–H groups in total. The Hall–Kier alpha value is -2.80. The maximum absolute atomic E-state index is 6.11. The Kier molecular flexibility index (Phi) is 5.04. The van der Waals surface area contributed by atoms with Crippen LogP contribution in [0.25, 0.3) is 32.5 Å². The second-order valence-electron chi connectivity index (χ2n) is 5.99. The molecule has 3 aromatic carbocycles. The van der Waals surface area contributed by atoms with Crippen LogP contribution in [0.5, 0.6) is 0 Å². The van der Waals surface area contributed by atoms with Gasteiger partial charge in [0, 0.05) is 10.8 Å². The van der Waals surface area contributed by atoms with E-state index >= 15 is 0 Å². The Morgan fingerprint density at radius 1 is 0.640 bits per heavy atom. The minimum atomic E-state index is 0.905. The SMILES string of the molecule is CC.Cc1cc(C)oc2ccccc2c2c(ccc3ccccc32)c1. The van der Waals surface area contributed by atoms with Crippen LogP contribution in [0.1, 0.15) is 25.2 Å². The fourth-order valence-corrected chi connectivity index (χ4v) is 3.28. The zero-order chi connectivity index (χ0) is 17.8. The molecule has 0 spiro atoms. The average Bonchev–Trinajstić information content (AvgIpc) is 2.68. The van der Waals surface area contributed by atoms with Gasteiger partial charge in [0.1, 0.15) is 11.3 Å².